The van der Waals surface area contributed by atoms with Crippen LogP contribution in [0.25, 0.3) is 22.1 Å². The number of hydrogen-bond donors (Lipinski definition) is 0. The molecule has 2 heterocycles. The fraction of sp³-hybridized carbons (Fsp3) is 0.152. The van der Waals surface area contributed by atoms with Crippen molar-refractivity contribution in [2.45, 2.75) is 41.4 Å². The molecule has 0 atom stereocenters. The van der Waals surface area contributed by atoms with Gasteiger partial charge in [-0.2, -0.15) is 10.0 Å². The van der Waals surface area contributed by atoms with E-state index in [9.17, 15) is 0 Å². The van der Waals surface area contributed by atoms with Crippen molar-refractivity contribution < 1.29 is 4.42 Å². The largest absolute Gasteiger partial charge is 0.453 e. The average Bonchev–Trinajstić information content (AvgIpc) is 3.31. The normalized spacial score (nSPS) is 11.9. The predicted molar refractivity (Wildman–Crippen MR) is 156 cm³/mol. The van der Waals surface area contributed by atoms with Crippen molar-refractivity contribution in [1.82, 2.24) is 9.97 Å². The molecule has 37 heavy (non-hydrogen) atoms. The van der Waals surface area contributed by atoms with Crippen LogP contribution in [0.15, 0.2) is 134 Å². The van der Waals surface area contributed by atoms with E-state index < -0.39 is 10.0 Å². The van der Waals surface area contributed by atoms with Gasteiger partial charge in [-0.25, -0.2) is 9.97 Å². The molecular weight excluding hydrogens is 472 g/mol. The molecule has 6 rings (SSSR count). The summed E-state index contributed by atoms with van der Waals surface area (Å²) in [6.45, 7) is 6.31. The fourth-order valence-electron chi connectivity index (χ4n) is 4.41. The number of furan rings is 1. The van der Waals surface area contributed by atoms with Crippen LogP contribution in [0.1, 0.15) is 31.2 Å². The molecule has 0 bridgehead atoms. The summed E-state index contributed by atoms with van der Waals surface area (Å²) in [5.74, 6) is 1.11. The van der Waals surface area contributed by atoms with Gasteiger partial charge in [0.2, 0.25) is 0 Å². The maximum atomic E-state index is 6.05. The van der Waals surface area contributed by atoms with Crippen LogP contribution in [0.4, 0.5) is 0 Å². The summed E-state index contributed by atoms with van der Waals surface area (Å²) in [6.07, 6.45) is 4.17. The SMILES string of the molecule is CC(C)c1ncc2oc3ccc(S(C)(c4ccccc4)c4ccccc4)cc3c2n1.Cc1ccccc1. The van der Waals surface area contributed by atoms with Crippen molar-refractivity contribution in [2.75, 3.05) is 6.26 Å². The van der Waals surface area contributed by atoms with Crippen LogP contribution in [-0.2, 0) is 0 Å². The quantitative estimate of drug-likeness (QED) is 0.240. The number of aromatic nitrogens is 2. The van der Waals surface area contributed by atoms with E-state index in [-0.39, 0.29) is 5.92 Å². The van der Waals surface area contributed by atoms with Crippen molar-refractivity contribution in [1.29, 1.82) is 0 Å². The van der Waals surface area contributed by atoms with Gasteiger partial charge in [-0.1, -0.05) is 86.1 Å². The van der Waals surface area contributed by atoms with Gasteiger partial charge < -0.3 is 4.42 Å². The lowest BCUT2D eigenvalue weighted by Gasteiger charge is -2.37. The lowest BCUT2D eigenvalue weighted by atomic mass is 10.2. The van der Waals surface area contributed by atoms with Crippen LogP contribution in [-0.4, -0.2) is 16.2 Å². The first-order valence-electron chi connectivity index (χ1n) is 12.6. The number of fused-ring (bicyclic) bond motifs is 3. The number of hydrogen-bond acceptors (Lipinski definition) is 3. The Morgan fingerprint density at radius 1 is 0.676 bits per heavy atom. The summed E-state index contributed by atoms with van der Waals surface area (Å²) in [5.41, 5.74) is 3.81. The van der Waals surface area contributed by atoms with Crippen LogP contribution < -0.4 is 0 Å². The van der Waals surface area contributed by atoms with Crippen LogP contribution in [0, 0.1) is 6.92 Å². The number of benzene rings is 4. The number of rotatable bonds is 4. The molecule has 0 spiro atoms. The van der Waals surface area contributed by atoms with Gasteiger partial charge in [-0.05, 0) is 70.3 Å². The second-order valence-electron chi connectivity index (χ2n) is 9.56. The Bertz CT molecular complexity index is 1570. The second-order valence-corrected chi connectivity index (χ2v) is 12.8. The molecular formula is C33H32N2OS. The maximum Gasteiger partial charge on any atom is 0.172 e. The predicted octanol–water partition coefficient (Wildman–Crippen LogP) is 9.41. The van der Waals surface area contributed by atoms with Crippen molar-refractivity contribution >= 4 is 32.1 Å². The van der Waals surface area contributed by atoms with Crippen LogP contribution in [0.5, 0.6) is 0 Å². The molecule has 3 nitrogen and oxygen atoms in total. The van der Waals surface area contributed by atoms with Crippen molar-refractivity contribution in [3.63, 3.8) is 0 Å². The second kappa shape index (κ2) is 10.6. The third-order valence-corrected chi connectivity index (χ3v) is 10.2. The third-order valence-electron chi connectivity index (χ3n) is 6.56. The van der Waals surface area contributed by atoms with E-state index in [4.69, 9.17) is 9.40 Å². The van der Waals surface area contributed by atoms with E-state index in [1.807, 2.05) is 18.2 Å². The van der Waals surface area contributed by atoms with E-state index in [1.54, 1.807) is 6.20 Å². The molecule has 4 heteroatoms. The molecule has 0 amide bonds. The zero-order chi connectivity index (χ0) is 25.8. The minimum atomic E-state index is -1.42. The summed E-state index contributed by atoms with van der Waals surface area (Å²) in [5, 5.41) is 1.05. The van der Waals surface area contributed by atoms with E-state index in [0.717, 1.165) is 27.9 Å². The Morgan fingerprint density at radius 3 is 1.76 bits per heavy atom. The van der Waals surface area contributed by atoms with Gasteiger partial charge >= 0.3 is 0 Å². The Hall–Kier alpha value is -3.89. The van der Waals surface area contributed by atoms with E-state index >= 15 is 0 Å². The van der Waals surface area contributed by atoms with E-state index in [1.165, 1.54) is 20.2 Å². The Morgan fingerprint density at radius 2 is 1.24 bits per heavy atom. The van der Waals surface area contributed by atoms with Gasteiger partial charge in [0.15, 0.2) is 5.58 Å². The first-order valence-corrected chi connectivity index (χ1v) is 14.6. The summed E-state index contributed by atoms with van der Waals surface area (Å²) < 4.78 is 6.05. The molecule has 6 aromatic rings. The van der Waals surface area contributed by atoms with Gasteiger partial charge in [-0.3, -0.25) is 0 Å². The topological polar surface area (TPSA) is 38.9 Å². The highest BCUT2D eigenvalue weighted by molar-refractivity contribution is 8.33. The Kier molecular flexibility index (Phi) is 7.11. The average molecular weight is 505 g/mol. The highest BCUT2D eigenvalue weighted by Crippen LogP contribution is 2.65. The highest BCUT2D eigenvalue weighted by atomic mass is 32.3. The van der Waals surface area contributed by atoms with Gasteiger partial charge in [0.25, 0.3) is 0 Å². The molecule has 0 saturated carbocycles. The smallest absolute Gasteiger partial charge is 0.172 e. The van der Waals surface area contributed by atoms with Crippen molar-refractivity contribution in [3.8, 4) is 0 Å². The van der Waals surface area contributed by atoms with E-state index in [0.29, 0.717) is 0 Å². The molecule has 0 fully saturated rings. The number of nitrogens with zero attached hydrogens (tertiary/aromatic N) is 2. The van der Waals surface area contributed by atoms with Gasteiger partial charge in [0, 0.05) is 11.3 Å². The Labute approximate surface area is 220 Å². The molecule has 0 aliphatic carbocycles. The molecule has 0 aliphatic rings. The summed E-state index contributed by atoms with van der Waals surface area (Å²) >= 11 is 0. The maximum absolute atomic E-state index is 6.05. The van der Waals surface area contributed by atoms with Crippen LogP contribution in [0.2, 0.25) is 0 Å². The number of aryl methyl sites for hydroxylation is 1. The third kappa shape index (κ3) is 5.03. The Balaban J connectivity index is 0.000000348. The van der Waals surface area contributed by atoms with Crippen LogP contribution in [0.3, 0.4) is 0 Å². The van der Waals surface area contributed by atoms with Crippen molar-refractivity contribution in [2.24, 2.45) is 0 Å². The summed E-state index contributed by atoms with van der Waals surface area (Å²) in [7, 11) is -1.42. The first kappa shape index (κ1) is 24.8. The molecule has 0 radical (unpaired) electrons. The molecule has 2 aromatic heterocycles. The van der Waals surface area contributed by atoms with Crippen molar-refractivity contribution in [3.05, 3.63) is 127 Å². The monoisotopic (exact) mass is 504 g/mol. The first-order chi connectivity index (χ1) is 18.0. The fourth-order valence-corrected chi connectivity index (χ4v) is 7.33. The van der Waals surface area contributed by atoms with Gasteiger partial charge in [0.05, 0.1) is 6.20 Å². The molecule has 4 aromatic carbocycles. The van der Waals surface area contributed by atoms with Crippen LogP contribution >= 0.6 is 10.0 Å². The molecule has 0 saturated heterocycles. The highest BCUT2D eigenvalue weighted by Gasteiger charge is 2.26. The standard InChI is InChI=1S/C26H24N2OS.C7H8/c1-18(2)26-27-17-24-25(28-26)22-16-21(14-15-23(22)29-24)30(3,19-10-6-4-7-11-19)20-12-8-5-9-13-20;1-7-5-3-2-4-6-7/h4-18H,1-3H3;2-6H,1H3. The summed E-state index contributed by atoms with van der Waals surface area (Å²) in [4.78, 5) is 13.3. The molecule has 0 unspecified atom stereocenters. The summed E-state index contributed by atoms with van der Waals surface area (Å²) in [6, 6.07) is 38.4. The lowest BCUT2D eigenvalue weighted by Crippen LogP contribution is -2.01. The zero-order valence-electron chi connectivity index (χ0n) is 21.8. The minimum absolute atomic E-state index is 0.270. The minimum Gasteiger partial charge on any atom is -0.453 e. The van der Waals surface area contributed by atoms with Gasteiger partial charge in [-0.15, -0.1) is 0 Å². The lowest BCUT2D eigenvalue weighted by molar-refractivity contribution is 0.662. The molecule has 0 aliphatic heterocycles. The zero-order valence-corrected chi connectivity index (χ0v) is 22.6. The molecule has 0 N–H and O–H groups in total. The molecule has 186 valence electrons. The van der Waals surface area contributed by atoms with Gasteiger partial charge in [0.1, 0.15) is 16.9 Å². The van der Waals surface area contributed by atoms with E-state index in [2.05, 4.69) is 123 Å².